The minimum absolute atomic E-state index is 0.0933. The number of likely N-dealkylation sites (N-methyl/N-ethyl adjacent to an activating group) is 1. The monoisotopic (exact) mass is 385 g/mol. The number of piperidine rings is 1. The van der Waals surface area contributed by atoms with Crippen molar-refractivity contribution in [2.24, 2.45) is 5.92 Å². The van der Waals surface area contributed by atoms with Gasteiger partial charge in [-0.2, -0.15) is 0 Å². The molecule has 3 N–H and O–H groups in total. The smallest absolute Gasteiger partial charge is 0.267 e. The fraction of sp³-hybridized carbons (Fsp3) is 0.273. The molecule has 7 nitrogen and oxygen atoms in total. The van der Waals surface area contributed by atoms with Gasteiger partial charge in [0.15, 0.2) is 5.82 Å². The number of aryl methyl sites for hydroxylation is 1. The minimum Gasteiger partial charge on any atom is -0.382 e. The molecule has 1 aromatic carbocycles. The molecule has 0 unspecified atom stereocenters. The fourth-order valence-corrected chi connectivity index (χ4v) is 4.02. The lowest BCUT2D eigenvalue weighted by Crippen LogP contribution is -2.41. The quantitative estimate of drug-likeness (QED) is 0.616. The van der Waals surface area contributed by atoms with E-state index in [1.54, 1.807) is 18.9 Å². The van der Waals surface area contributed by atoms with Crippen LogP contribution >= 0.6 is 0 Å². The molecular formula is C22H19N5O2. The molecule has 29 heavy (non-hydrogen) atoms. The van der Waals surface area contributed by atoms with Crippen LogP contribution in [0.1, 0.15) is 17.8 Å². The van der Waals surface area contributed by atoms with Gasteiger partial charge < -0.3 is 15.7 Å². The van der Waals surface area contributed by atoms with E-state index in [9.17, 15) is 9.90 Å². The van der Waals surface area contributed by atoms with Crippen LogP contribution in [0.3, 0.4) is 0 Å². The molecular weight excluding hydrogens is 366 g/mol. The second-order valence-electron chi connectivity index (χ2n) is 7.64. The highest BCUT2D eigenvalue weighted by atomic mass is 16.3. The largest absolute Gasteiger partial charge is 0.382 e. The normalized spacial score (nSPS) is 24.9. The predicted octanol–water partition coefficient (Wildman–Crippen LogP) is 1.53. The Morgan fingerprint density at radius 2 is 2.07 bits per heavy atom. The van der Waals surface area contributed by atoms with E-state index in [0.717, 1.165) is 17.7 Å². The maximum atomic E-state index is 12.3. The van der Waals surface area contributed by atoms with E-state index in [1.807, 2.05) is 36.4 Å². The number of anilines is 1. The predicted molar refractivity (Wildman–Crippen MR) is 108 cm³/mol. The van der Waals surface area contributed by atoms with Gasteiger partial charge in [0.05, 0.1) is 11.2 Å². The van der Waals surface area contributed by atoms with Crippen molar-refractivity contribution in [2.75, 3.05) is 12.8 Å². The van der Waals surface area contributed by atoms with Gasteiger partial charge in [0.2, 0.25) is 5.60 Å². The number of nitrogens with two attached hydrogens (primary N) is 1. The molecule has 5 rings (SSSR count). The molecule has 0 spiro atoms. The summed E-state index contributed by atoms with van der Waals surface area (Å²) >= 11 is 0. The summed E-state index contributed by atoms with van der Waals surface area (Å²) in [5.74, 6) is 6.34. The number of carbonyl (C=O) groups is 1. The number of aliphatic hydroxyl groups is 1. The van der Waals surface area contributed by atoms with Crippen LogP contribution in [0.2, 0.25) is 0 Å². The SMILES string of the molecule is Cc1nc(N)c2nc(-c3cccc(C#C[C@]4(O)C(=O)N(C)[C@H]5C[C@H]54)c3)ccc2n1. The summed E-state index contributed by atoms with van der Waals surface area (Å²) in [6.45, 7) is 1.79. The lowest BCUT2D eigenvalue weighted by atomic mass is 9.98. The van der Waals surface area contributed by atoms with Crippen LogP contribution in [0, 0.1) is 24.7 Å². The van der Waals surface area contributed by atoms with Crippen LogP contribution in [0.25, 0.3) is 22.3 Å². The van der Waals surface area contributed by atoms with Crippen LogP contribution in [-0.2, 0) is 4.79 Å². The van der Waals surface area contributed by atoms with E-state index in [4.69, 9.17) is 5.73 Å². The lowest BCUT2D eigenvalue weighted by molar-refractivity contribution is -0.140. The Kier molecular flexibility index (Phi) is 3.64. The summed E-state index contributed by atoms with van der Waals surface area (Å²) < 4.78 is 0. The topological polar surface area (TPSA) is 105 Å². The third-order valence-corrected chi connectivity index (χ3v) is 5.67. The Morgan fingerprint density at radius 3 is 2.83 bits per heavy atom. The molecule has 2 fully saturated rings. The highest BCUT2D eigenvalue weighted by molar-refractivity contribution is 5.93. The van der Waals surface area contributed by atoms with Gasteiger partial charge in [0.25, 0.3) is 5.91 Å². The van der Waals surface area contributed by atoms with Crippen LogP contribution in [0.5, 0.6) is 0 Å². The van der Waals surface area contributed by atoms with Gasteiger partial charge >= 0.3 is 0 Å². The van der Waals surface area contributed by atoms with Crippen LogP contribution in [0.15, 0.2) is 36.4 Å². The first-order chi connectivity index (χ1) is 13.9. The van der Waals surface area contributed by atoms with Crippen molar-refractivity contribution in [1.82, 2.24) is 19.9 Å². The van der Waals surface area contributed by atoms with E-state index in [0.29, 0.717) is 28.2 Å². The number of pyridine rings is 1. The maximum Gasteiger partial charge on any atom is 0.267 e. The Balaban J connectivity index is 1.50. The maximum absolute atomic E-state index is 12.3. The lowest BCUT2D eigenvalue weighted by Gasteiger charge is -2.18. The second kappa shape index (κ2) is 6.00. The molecule has 144 valence electrons. The number of nitrogens with zero attached hydrogens (tertiary/aromatic N) is 4. The van der Waals surface area contributed by atoms with Gasteiger partial charge in [0, 0.05) is 30.1 Å². The first-order valence-electron chi connectivity index (χ1n) is 9.41. The number of hydrogen-bond acceptors (Lipinski definition) is 6. The number of fused-ring (bicyclic) bond motifs is 2. The molecule has 1 aliphatic heterocycles. The number of nitrogen functional groups attached to an aromatic ring is 1. The highest BCUT2D eigenvalue weighted by Crippen LogP contribution is 2.50. The summed E-state index contributed by atoms with van der Waals surface area (Å²) in [4.78, 5) is 27.0. The summed E-state index contributed by atoms with van der Waals surface area (Å²) in [5.41, 5.74) is 7.94. The first-order valence-corrected chi connectivity index (χ1v) is 9.41. The Hall–Kier alpha value is -3.50. The molecule has 2 aromatic heterocycles. The first kappa shape index (κ1) is 17.6. The Bertz CT molecular complexity index is 1240. The van der Waals surface area contributed by atoms with Crippen LogP contribution in [-0.4, -0.2) is 49.6 Å². The molecule has 0 bridgehead atoms. The van der Waals surface area contributed by atoms with E-state index in [1.165, 1.54) is 0 Å². The molecule has 3 heterocycles. The van der Waals surface area contributed by atoms with Gasteiger partial charge in [0.1, 0.15) is 11.3 Å². The van der Waals surface area contributed by atoms with Crippen molar-refractivity contribution >= 4 is 22.8 Å². The van der Waals surface area contributed by atoms with Crippen molar-refractivity contribution in [2.45, 2.75) is 25.0 Å². The number of carbonyl (C=O) groups excluding carboxylic acids is 1. The van der Waals surface area contributed by atoms with Gasteiger partial charge in [-0.05, 0) is 37.6 Å². The van der Waals surface area contributed by atoms with Crippen molar-refractivity contribution < 1.29 is 9.90 Å². The Labute approximate surface area is 167 Å². The van der Waals surface area contributed by atoms with E-state index in [2.05, 4.69) is 26.8 Å². The van der Waals surface area contributed by atoms with Crippen molar-refractivity contribution in [1.29, 1.82) is 0 Å². The third kappa shape index (κ3) is 2.72. The standard InChI is InChI=1S/C22H19N5O2/c1-12-24-17-7-6-16(26-19(17)20(23)25-12)14-5-3-4-13(10-14)8-9-22(29)15-11-18(15)27(2)21(22)28/h3-7,10,15,18,29H,11H2,1-2H3,(H2,23,24,25)/t15-,18+,22-/m1/s1. The molecule has 1 aliphatic carbocycles. The van der Waals surface area contributed by atoms with Crippen molar-refractivity contribution in [3.05, 3.63) is 47.8 Å². The highest BCUT2D eigenvalue weighted by Gasteiger charge is 2.66. The van der Waals surface area contributed by atoms with E-state index >= 15 is 0 Å². The molecule has 0 radical (unpaired) electrons. The molecule has 3 atom stereocenters. The summed E-state index contributed by atoms with van der Waals surface area (Å²) in [6.07, 6.45) is 0.803. The number of rotatable bonds is 1. The van der Waals surface area contributed by atoms with Crippen LogP contribution in [0.4, 0.5) is 5.82 Å². The van der Waals surface area contributed by atoms with E-state index < -0.39 is 5.60 Å². The van der Waals surface area contributed by atoms with Gasteiger partial charge in [-0.15, -0.1) is 0 Å². The summed E-state index contributed by atoms with van der Waals surface area (Å²) in [7, 11) is 1.72. The van der Waals surface area contributed by atoms with Gasteiger partial charge in [-0.3, -0.25) is 4.79 Å². The number of amides is 1. The zero-order valence-corrected chi connectivity index (χ0v) is 16.0. The number of likely N-dealkylation sites (tertiary alicyclic amines) is 1. The molecule has 1 saturated heterocycles. The second-order valence-corrected chi connectivity index (χ2v) is 7.64. The number of benzene rings is 1. The average molecular weight is 385 g/mol. The molecule has 1 amide bonds. The molecule has 1 saturated carbocycles. The fourth-order valence-electron chi connectivity index (χ4n) is 4.02. The minimum atomic E-state index is -1.58. The Morgan fingerprint density at radius 1 is 1.24 bits per heavy atom. The third-order valence-electron chi connectivity index (χ3n) is 5.67. The van der Waals surface area contributed by atoms with Crippen molar-refractivity contribution in [3.8, 4) is 23.1 Å². The molecule has 7 heteroatoms. The summed E-state index contributed by atoms with van der Waals surface area (Å²) in [6, 6.07) is 11.4. The average Bonchev–Trinajstić information content (AvgIpc) is 3.49. The molecule has 3 aromatic rings. The van der Waals surface area contributed by atoms with Gasteiger partial charge in [-0.1, -0.05) is 24.0 Å². The van der Waals surface area contributed by atoms with E-state index in [-0.39, 0.29) is 17.9 Å². The number of hydrogen-bond donors (Lipinski definition) is 2. The zero-order chi connectivity index (χ0) is 20.3. The zero-order valence-electron chi connectivity index (χ0n) is 16.0. The number of aromatic nitrogens is 3. The van der Waals surface area contributed by atoms with Gasteiger partial charge in [-0.25, -0.2) is 15.0 Å². The molecule has 2 aliphatic rings. The summed E-state index contributed by atoms with van der Waals surface area (Å²) in [5, 5.41) is 10.8. The van der Waals surface area contributed by atoms with Crippen molar-refractivity contribution in [3.63, 3.8) is 0 Å². The van der Waals surface area contributed by atoms with Crippen LogP contribution < -0.4 is 5.73 Å².